The van der Waals surface area contributed by atoms with Gasteiger partial charge in [-0.25, -0.2) is 4.52 Å². The molecule has 0 bridgehead atoms. The number of H-pyrrole nitrogens is 3. The molecule has 8 nitrogen and oxygen atoms in total. The fourth-order valence-corrected chi connectivity index (χ4v) is 8.98. The van der Waals surface area contributed by atoms with E-state index in [9.17, 15) is 0 Å². The number of para-hydroxylation sites is 4. The van der Waals surface area contributed by atoms with Crippen LogP contribution in [0.25, 0.3) is 49.1 Å². The standard InChI is InChI=1S/2C12H15N.C11H13N.2C10H12N2.C8H11N/c1-9(2)11-8-13(3)12-7-5-4-6-10(11)12;1-8(2)12-9(3)13-11-7-5-4-6-10(11)12;1-8(2)10-7-12-11-6-4-3-5-9(10)11;1-8(2)9-7-11-12-6-4-3-5-10(9)12;1-7(2)10-8-5-3-4-6-9(8)11-12-10;1-7(2)8-4-3-5-9-6-8/h4-9H,1-3H3;4-8,13H,1-3H3;3-8,12H,1-2H3;3-8H,1-2H3;3-7H,1-2H3,(H,11,12);3-7H,1-2H3. The van der Waals surface area contributed by atoms with E-state index in [1.54, 1.807) is 6.20 Å². The first kappa shape index (κ1) is 53.2. The summed E-state index contributed by atoms with van der Waals surface area (Å²) >= 11 is 0. The van der Waals surface area contributed by atoms with Crippen LogP contribution in [0, 0.1) is 6.92 Å². The first-order chi connectivity index (χ1) is 34.1. The molecule has 0 aliphatic heterocycles. The van der Waals surface area contributed by atoms with Crippen LogP contribution in [0.2, 0.25) is 0 Å². The van der Waals surface area contributed by atoms with Crippen LogP contribution in [0.1, 0.15) is 158 Å². The fraction of sp³-hybridized carbons (Fsp3) is 0.317. The van der Waals surface area contributed by atoms with Crippen molar-refractivity contribution < 1.29 is 0 Å². The van der Waals surface area contributed by atoms with Crippen LogP contribution in [0.4, 0.5) is 0 Å². The van der Waals surface area contributed by atoms with Crippen molar-refractivity contribution in [1.82, 2.24) is 39.3 Å². The van der Waals surface area contributed by atoms with Crippen molar-refractivity contribution in [1.29, 1.82) is 0 Å². The summed E-state index contributed by atoms with van der Waals surface area (Å²) in [6.07, 6.45) is 12.0. The summed E-state index contributed by atoms with van der Waals surface area (Å²) in [5, 5.41) is 16.9. The molecule has 0 atom stereocenters. The number of benzene rings is 4. The normalized spacial score (nSPS) is 11.2. The average Bonchev–Trinajstić information content (AvgIpc) is 4.21. The topological polar surface area (TPSA) is 95.4 Å². The van der Waals surface area contributed by atoms with Crippen molar-refractivity contribution in [2.45, 2.75) is 126 Å². The van der Waals surface area contributed by atoms with Crippen LogP contribution < -0.4 is 0 Å². The summed E-state index contributed by atoms with van der Waals surface area (Å²) < 4.78 is 4.11. The molecule has 7 aromatic heterocycles. The smallest absolute Gasteiger partial charge is 0.0923 e. The lowest BCUT2D eigenvalue weighted by Crippen LogP contribution is -1.87. The maximum Gasteiger partial charge on any atom is 0.0923 e. The average molecular weight is 947 g/mol. The zero-order valence-corrected chi connectivity index (χ0v) is 44.8. The maximum atomic E-state index is 4.26. The second kappa shape index (κ2) is 25.1. The van der Waals surface area contributed by atoms with E-state index < -0.39 is 0 Å². The van der Waals surface area contributed by atoms with Gasteiger partial charge in [-0.15, -0.1) is 0 Å². The molecule has 0 unspecified atom stereocenters. The Hall–Kier alpha value is -7.19. The molecular formula is C63H78N8. The van der Waals surface area contributed by atoms with E-state index in [4.69, 9.17) is 0 Å². The molecule has 71 heavy (non-hydrogen) atoms. The predicted octanol–water partition coefficient (Wildman–Crippen LogP) is 17.5. The number of pyridine rings is 2. The Morgan fingerprint density at radius 3 is 1.70 bits per heavy atom. The van der Waals surface area contributed by atoms with Gasteiger partial charge in [-0.1, -0.05) is 168 Å². The summed E-state index contributed by atoms with van der Waals surface area (Å²) in [6, 6.07) is 43.9. The minimum absolute atomic E-state index is 0.511. The Balaban J connectivity index is 0.000000140. The Morgan fingerprint density at radius 1 is 0.493 bits per heavy atom. The highest BCUT2D eigenvalue weighted by Gasteiger charge is 2.12. The number of nitrogens with zero attached hydrogens (tertiary/aromatic N) is 5. The summed E-state index contributed by atoms with van der Waals surface area (Å²) in [5.41, 5.74) is 15.5. The lowest BCUT2D eigenvalue weighted by atomic mass is 10.00. The van der Waals surface area contributed by atoms with E-state index in [-0.39, 0.29) is 0 Å². The Bertz CT molecular complexity index is 3120. The molecule has 11 aromatic rings. The molecule has 3 N–H and O–H groups in total. The van der Waals surface area contributed by atoms with Crippen LogP contribution in [0.5, 0.6) is 0 Å². The third-order valence-electron chi connectivity index (χ3n) is 12.8. The molecule has 0 saturated heterocycles. The quantitative estimate of drug-likeness (QED) is 0.155. The van der Waals surface area contributed by atoms with Gasteiger partial charge < -0.3 is 14.5 Å². The lowest BCUT2D eigenvalue weighted by molar-refractivity contribution is 0.818. The van der Waals surface area contributed by atoms with Gasteiger partial charge >= 0.3 is 0 Å². The molecule has 4 aromatic carbocycles. The Morgan fingerprint density at radius 2 is 1.08 bits per heavy atom. The van der Waals surface area contributed by atoms with E-state index >= 15 is 0 Å². The molecule has 7 heterocycles. The van der Waals surface area contributed by atoms with Gasteiger partial charge in [0.15, 0.2) is 0 Å². The predicted molar refractivity (Wildman–Crippen MR) is 304 cm³/mol. The van der Waals surface area contributed by atoms with Gasteiger partial charge in [-0.3, -0.25) is 10.1 Å². The maximum absolute atomic E-state index is 4.26. The summed E-state index contributed by atoms with van der Waals surface area (Å²) in [7, 11) is 2.11. The summed E-state index contributed by atoms with van der Waals surface area (Å²) in [6.45, 7) is 28.6. The number of rotatable bonds is 6. The van der Waals surface area contributed by atoms with Crippen molar-refractivity contribution in [3.63, 3.8) is 0 Å². The largest absolute Gasteiger partial charge is 0.361 e. The molecule has 0 fully saturated rings. The van der Waals surface area contributed by atoms with Gasteiger partial charge in [-0.2, -0.15) is 10.2 Å². The molecular weight excluding hydrogens is 869 g/mol. The van der Waals surface area contributed by atoms with Crippen molar-refractivity contribution in [2.75, 3.05) is 0 Å². The van der Waals surface area contributed by atoms with Gasteiger partial charge in [-0.05, 0) is 107 Å². The zero-order valence-electron chi connectivity index (χ0n) is 44.8. The number of fused-ring (bicyclic) bond motifs is 5. The SMILES string of the molecule is CC(C)c1[nH]nc2ccccc12.CC(C)c1c[nH]c2ccccc12.CC(C)c1cccnc1.CC(C)c1cn(C)c2ccccc12.CC(C)c1cnn2ccccc12.Cc1[nH]c2ccccc2c1C(C)C. The second-order valence-electron chi connectivity index (χ2n) is 20.2. The number of hydrogen-bond donors (Lipinski definition) is 3. The summed E-state index contributed by atoms with van der Waals surface area (Å²) in [4.78, 5) is 10.7. The first-order valence-electron chi connectivity index (χ1n) is 25.5. The Kier molecular flexibility index (Phi) is 18.8. The minimum Gasteiger partial charge on any atom is -0.361 e. The first-order valence-corrected chi connectivity index (χ1v) is 25.5. The molecule has 0 radical (unpaired) electrons. The van der Waals surface area contributed by atoms with Crippen molar-refractivity contribution in [3.05, 3.63) is 204 Å². The van der Waals surface area contributed by atoms with E-state index in [1.165, 1.54) is 82.8 Å². The molecule has 8 heteroatoms. The third kappa shape index (κ3) is 13.6. The van der Waals surface area contributed by atoms with Gasteiger partial charge in [0.2, 0.25) is 0 Å². The lowest BCUT2D eigenvalue weighted by Gasteiger charge is -2.04. The van der Waals surface area contributed by atoms with Crippen LogP contribution in [0.15, 0.2) is 165 Å². The van der Waals surface area contributed by atoms with Crippen molar-refractivity contribution >= 4 is 49.1 Å². The van der Waals surface area contributed by atoms with Gasteiger partial charge in [0.05, 0.1) is 17.2 Å². The van der Waals surface area contributed by atoms with Crippen LogP contribution in [-0.2, 0) is 7.05 Å². The molecule has 0 saturated carbocycles. The number of aromatic nitrogens is 8. The third-order valence-corrected chi connectivity index (χ3v) is 12.8. The summed E-state index contributed by atoms with van der Waals surface area (Å²) in [5.74, 6) is 3.45. The van der Waals surface area contributed by atoms with E-state index in [0.717, 1.165) is 5.52 Å². The molecule has 0 spiro atoms. The van der Waals surface area contributed by atoms with E-state index in [2.05, 4.69) is 235 Å². The second-order valence-corrected chi connectivity index (χ2v) is 20.2. The molecule has 370 valence electrons. The molecule has 0 aliphatic rings. The number of aromatic amines is 3. The van der Waals surface area contributed by atoms with Gasteiger partial charge in [0.25, 0.3) is 0 Å². The van der Waals surface area contributed by atoms with Crippen LogP contribution >= 0.6 is 0 Å². The molecule has 0 amide bonds. The fourth-order valence-electron chi connectivity index (χ4n) is 8.98. The highest BCUT2D eigenvalue weighted by molar-refractivity contribution is 5.86. The van der Waals surface area contributed by atoms with Gasteiger partial charge in [0, 0.05) is 93.1 Å². The van der Waals surface area contributed by atoms with Crippen LogP contribution in [-0.4, -0.2) is 39.3 Å². The highest BCUT2D eigenvalue weighted by atomic mass is 15.2. The molecule has 11 rings (SSSR count). The zero-order chi connectivity index (χ0) is 51.2. The minimum atomic E-state index is 0.511. The monoisotopic (exact) mass is 947 g/mol. The Labute approximate surface area is 423 Å². The van der Waals surface area contributed by atoms with Crippen molar-refractivity contribution in [3.8, 4) is 0 Å². The van der Waals surface area contributed by atoms with E-state index in [1.807, 2.05) is 59.5 Å². The van der Waals surface area contributed by atoms with Gasteiger partial charge in [0.1, 0.15) is 0 Å². The number of aryl methyl sites for hydroxylation is 2. The van der Waals surface area contributed by atoms with E-state index in [0.29, 0.717) is 35.5 Å². The van der Waals surface area contributed by atoms with Crippen molar-refractivity contribution in [2.24, 2.45) is 7.05 Å². The highest BCUT2D eigenvalue weighted by Crippen LogP contribution is 2.29. The molecule has 0 aliphatic carbocycles. The number of hydrogen-bond acceptors (Lipinski definition) is 3. The van der Waals surface area contributed by atoms with Crippen LogP contribution in [0.3, 0.4) is 0 Å². The number of nitrogens with one attached hydrogen (secondary N) is 3.